The van der Waals surface area contributed by atoms with Gasteiger partial charge in [-0.05, 0) is 6.07 Å². The Morgan fingerprint density at radius 3 is 3.05 bits per heavy atom. The summed E-state index contributed by atoms with van der Waals surface area (Å²) < 4.78 is 10.4. The fourth-order valence-electron chi connectivity index (χ4n) is 2.09. The molecule has 4 nitrogen and oxygen atoms in total. The predicted octanol–water partition coefficient (Wildman–Crippen LogP) is 2.97. The van der Waals surface area contributed by atoms with Crippen molar-refractivity contribution in [3.05, 3.63) is 29.7 Å². The zero-order valence-corrected chi connectivity index (χ0v) is 12.9. The molecule has 0 radical (unpaired) electrons. The van der Waals surface area contributed by atoms with E-state index in [1.807, 2.05) is 17.8 Å². The van der Waals surface area contributed by atoms with E-state index in [2.05, 4.69) is 15.3 Å². The highest BCUT2D eigenvalue weighted by atomic mass is 32.2. The highest BCUT2D eigenvalue weighted by molar-refractivity contribution is 7.98. The fraction of sp³-hybridized carbons (Fsp3) is 0.500. The molecule has 0 atom stereocenters. The quantitative estimate of drug-likeness (QED) is 0.767. The monoisotopic (exact) mass is 310 g/mol. The maximum atomic E-state index is 5.35. The Labute approximate surface area is 127 Å². The molecule has 1 fully saturated rings. The number of hydrogen-bond donors (Lipinski definition) is 0. The lowest BCUT2D eigenvalue weighted by Crippen LogP contribution is -2.37. The second-order valence-electron chi connectivity index (χ2n) is 4.66. The maximum absolute atomic E-state index is 5.35. The van der Waals surface area contributed by atoms with Gasteiger partial charge in [0.05, 0.1) is 25.2 Å². The molecule has 2 aromatic heterocycles. The Morgan fingerprint density at radius 1 is 1.35 bits per heavy atom. The summed E-state index contributed by atoms with van der Waals surface area (Å²) in [7, 11) is 0. The molecular weight excluding hydrogens is 292 g/mol. The van der Waals surface area contributed by atoms with Crippen LogP contribution in [0.15, 0.2) is 28.4 Å². The first-order chi connectivity index (χ1) is 9.92. The molecule has 0 saturated carbocycles. The van der Waals surface area contributed by atoms with Crippen molar-refractivity contribution in [2.24, 2.45) is 0 Å². The summed E-state index contributed by atoms with van der Waals surface area (Å²) in [6, 6.07) is 1.95. The van der Waals surface area contributed by atoms with Crippen molar-refractivity contribution in [2.45, 2.75) is 5.75 Å². The van der Waals surface area contributed by atoms with Crippen molar-refractivity contribution in [2.75, 3.05) is 38.6 Å². The van der Waals surface area contributed by atoms with Crippen molar-refractivity contribution in [1.82, 2.24) is 9.88 Å². The standard InChI is InChI=1S/C14H18N2O2S2/c1-5-18-9-12(1)14-15-13(11-20-14)10-19-8-4-16-2-6-17-7-3-16/h1,5,9,11H,2-4,6-8,10H2. The van der Waals surface area contributed by atoms with Crippen molar-refractivity contribution in [3.8, 4) is 10.6 Å². The molecule has 0 N–H and O–H groups in total. The fourth-order valence-corrected chi connectivity index (χ4v) is 3.89. The van der Waals surface area contributed by atoms with Crippen molar-refractivity contribution in [3.63, 3.8) is 0 Å². The first-order valence-corrected chi connectivity index (χ1v) is 8.80. The summed E-state index contributed by atoms with van der Waals surface area (Å²) in [6.07, 6.45) is 3.43. The molecule has 1 aliphatic rings. The van der Waals surface area contributed by atoms with Crippen LogP contribution < -0.4 is 0 Å². The molecule has 1 aliphatic heterocycles. The van der Waals surface area contributed by atoms with Crippen LogP contribution in [0.2, 0.25) is 0 Å². The number of hydrogen-bond acceptors (Lipinski definition) is 6. The van der Waals surface area contributed by atoms with E-state index in [-0.39, 0.29) is 0 Å². The van der Waals surface area contributed by atoms with Gasteiger partial charge in [0, 0.05) is 42.1 Å². The third-order valence-electron chi connectivity index (χ3n) is 3.23. The van der Waals surface area contributed by atoms with Gasteiger partial charge in [-0.25, -0.2) is 4.98 Å². The highest BCUT2D eigenvalue weighted by Gasteiger charge is 2.10. The van der Waals surface area contributed by atoms with Gasteiger partial charge in [0.25, 0.3) is 0 Å². The smallest absolute Gasteiger partial charge is 0.126 e. The summed E-state index contributed by atoms with van der Waals surface area (Å²) in [5.74, 6) is 2.14. The van der Waals surface area contributed by atoms with Crippen LogP contribution in [0.5, 0.6) is 0 Å². The van der Waals surface area contributed by atoms with Gasteiger partial charge in [0.2, 0.25) is 0 Å². The van der Waals surface area contributed by atoms with Crippen LogP contribution in [0.4, 0.5) is 0 Å². The zero-order valence-electron chi connectivity index (χ0n) is 11.3. The first kappa shape index (κ1) is 14.1. The van der Waals surface area contributed by atoms with Gasteiger partial charge in [-0.1, -0.05) is 0 Å². The van der Waals surface area contributed by atoms with E-state index in [9.17, 15) is 0 Å². The Hall–Kier alpha value is -0.820. The number of aromatic nitrogens is 1. The van der Waals surface area contributed by atoms with Gasteiger partial charge >= 0.3 is 0 Å². The Balaban J connectivity index is 1.40. The Bertz CT molecular complexity index is 507. The van der Waals surface area contributed by atoms with Crippen LogP contribution in [0.1, 0.15) is 5.69 Å². The number of ether oxygens (including phenoxy) is 1. The van der Waals surface area contributed by atoms with Crippen molar-refractivity contribution in [1.29, 1.82) is 0 Å². The Kier molecular flexibility index (Phi) is 5.13. The van der Waals surface area contributed by atoms with Crippen LogP contribution in [0.3, 0.4) is 0 Å². The van der Waals surface area contributed by atoms with E-state index in [1.165, 1.54) is 0 Å². The summed E-state index contributed by atoms with van der Waals surface area (Å²) in [5.41, 5.74) is 2.23. The van der Waals surface area contributed by atoms with Gasteiger partial charge in [-0.2, -0.15) is 11.8 Å². The van der Waals surface area contributed by atoms with E-state index in [4.69, 9.17) is 9.15 Å². The number of thioether (sulfide) groups is 1. The molecule has 20 heavy (non-hydrogen) atoms. The molecule has 0 bridgehead atoms. The first-order valence-electron chi connectivity index (χ1n) is 6.76. The lowest BCUT2D eigenvalue weighted by molar-refractivity contribution is 0.0410. The third-order valence-corrected chi connectivity index (χ3v) is 5.14. The minimum absolute atomic E-state index is 0.880. The normalized spacial score (nSPS) is 16.6. The second kappa shape index (κ2) is 7.26. The van der Waals surface area contributed by atoms with Crippen molar-refractivity contribution >= 4 is 23.1 Å². The molecule has 0 aliphatic carbocycles. The lowest BCUT2D eigenvalue weighted by atomic mass is 10.4. The van der Waals surface area contributed by atoms with E-state index < -0.39 is 0 Å². The SMILES string of the molecule is c1cc(-c2nc(CSCCN3CCOCC3)cs2)co1. The minimum Gasteiger partial charge on any atom is -0.472 e. The van der Waals surface area contributed by atoms with Gasteiger partial charge in [-0.15, -0.1) is 11.3 Å². The summed E-state index contributed by atoms with van der Waals surface area (Å²) in [4.78, 5) is 7.11. The number of rotatable bonds is 6. The van der Waals surface area contributed by atoms with Gasteiger partial charge < -0.3 is 9.15 Å². The van der Waals surface area contributed by atoms with Crippen LogP contribution >= 0.6 is 23.1 Å². The summed E-state index contributed by atoms with van der Waals surface area (Å²) >= 11 is 3.63. The van der Waals surface area contributed by atoms with Crippen LogP contribution in [0.25, 0.3) is 10.6 Å². The largest absolute Gasteiger partial charge is 0.472 e. The second-order valence-corrected chi connectivity index (χ2v) is 6.63. The molecule has 2 aromatic rings. The van der Waals surface area contributed by atoms with Gasteiger partial charge in [0.1, 0.15) is 11.3 Å². The van der Waals surface area contributed by atoms with Crippen LogP contribution in [-0.2, 0) is 10.5 Å². The van der Waals surface area contributed by atoms with Gasteiger partial charge in [-0.3, -0.25) is 4.90 Å². The molecule has 1 saturated heterocycles. The molecule has 3 heterocycles. The zero-order chi connectivity index (χ0) is 13.6. The van der Waals surface area contributed by atoms with E-state index >= 15 is 0 Å². The molecule has 0 aromatic carbocycles. The maximum Gasteiger partial charge on any atom is 0.126 e. The molecule has 0 unspecified atom stereocenters. The third kappa shape index (κ3) is 3.85. The highest BCUT2D eigenvalue weighted by Crippen LogP contribution is 2.25. The van der Waals surface area contributed by atoms with Gasteiger partial charge in [0.15, 0.2) is 0 Å². The number of nitrogens with zero attached hydrogens (tertiary/aromatic N) is 2. The molecule has 6 heteroatoms. The number of morpholine rings is 1. The molecule has 0 spiro atoms. The van der Waals surface area contributed by atoms with Crippen LogP contribution in [-0.4, -0.2) is 48.5 Å². The average molecular weight is 310 g/mol. The van der Waals surface area contributed by atoms with Crippen molar-refractivity contribution < 1.29 is 9.15 Å². The number of thiazole rings is 1. The minimum atomic E-state index is 0.880. The topological polar surface area (TPSA) is 38.5 Å². The lowest BCUT2D eigenvalue weighted by Gasteiger charge is -2.26. The van der Waals surface area contributed by atoms with E-state index in [0.717, 1.165) is 60.6 Å². The molecule has 3 rings (SSSR count). The molecular formula is C14H18N2O2S2. The summed E-state index contributed by atoms with van der Waals surface area (Å²) in [5, 5.41) is 3.19. The molecule has 0 amide bonds. The Morgan fingerprint density at radius 2 is 2.25 bits per heavy atom. The number of furan rings is 1. The molecule has 108 valence electrons. The summed E-state index contributed by atoms with van der Waals surface area (Å²) in [6.45, 7) is 5.05. The van der Waals surface area contributed by atoms with Crippen LogP contribution in [0, 0.1) is 0 Å². The average Bonchev–Trinajstić information content (AvgIpc) is 3.15. The predicted molar refractivity (Wildman–Crippen MR) is 83.2 cm³/mol. The van der Waals surface area contributed by atoms with E-state index in [0.29, 0.717) is 0 Å². The van der Waals surface area contributed by atoms with E-state index in [1.54, 1.807) is 23.9 Å².